The minimum atomic E-state index is -4.02. The van der Waals surface area contributed by atoms with E-state index in [1.165, 1.54) is 12.1 Å². The van der Waals surface area contributed by atoms with Crippen molar-refractivity contribution in [1.29, 1.82) is 0 Å². The molecule has 0 aliphatic carbocycles. The predicted molar refractivity (Wildman–Crippen MR) is 136 cm³/mol. The molecule has 1 unspecified atom stereocenters. The molecule has 0 radical (unpaired) electrons. The lowest BCUT2D eigenvalue weighted by atomic mass is 10.1. The zero-order chi connectivity index (χ0) is 25.3. The van der Waals surface area contributed by atoms with Crippen molar-refractivity contribution in [1.82, 2.24) is 10.0 Å². The first-order valence-corrected chi connectivity index (χ1v) is 12.8. The van der Waals surface area contributed by atoms with Crippen LogP contribution in [0.3, 0.4) is 0 Å². The van der Waals surface area contributed by atoms with Gasteiger partial charge in [-0.2, -0.15) is 0 Å². The van der Waals surface area contributed by atoms with Crippen LogP contribution in [0.4, 0.5) is 10.5 Å². The minimum Gasteiger partial charge on any atom is -0.481 e. The van der Waals surface area contributed by atoms with E-state index in [2.05, 4.69) is 15.4 Å². The van der Waals surface area contributed by atoms with E-state index in [1.54, 1.807) is 60.7 Å². The lowest BCUT2D eigenvalue weighted by Crippen LogP contribution is -2.30. The number of urea groups is 1. The average molecular weight is 496 g/mol. The van der Waals surface area contributed by atoms with Crippen LogP contribution in [-0.4, -0.2) is 32.1 Å². The standard InChI is InChI=1S/C26H29N3O5S/c1-2-3-15-27-26(32)28-22-13-7-11-20(16-22)21-12-8-14-23(17-21)35(33,34)29-24(18-25(30)31)19-9-5-4-6-10-19/h4-14,16-17,24,29H,2-3,15,18H2,1H3,(H,30,31)(H2,27,28,32). The molecule has 9 heteroatoms. The largest absolute Gasteiger partial charge is 0.481 e. The molecule has 184 valence electrons. The van der Waals surface area contributed by atoms with Crippen LogP contribution in [0.2, 0.25) is 0 Å². The third kappa shape index (κ3) is 7.66. The highest BCUT2D eigenvalue weighted by Gasteiger charge is 2.24. The SMILES string of the molecule is CCCCNC(=O)Nc1cccc(-c2cccc(S(=O)(=O)NC(CC(=O)O)c3ccccc3)c2)c1. The quantitative estimate of drug-likeness (QED) is 0.285. The monoisotopic (exact) mass is 495 g/mol. The van der Waals surface area contributed by atoms with E-state index < -0.39 is 28.5 Å². The second kappa shape index (κ2) is 12.1. The first kappa shape index (κ1) is 25.9. The zero-order valence-electron chi connectivity index (χ0n) is 19.4. The van der Waals surface area contributed by atoms with Crippen molar-refractivity contribution in [3.63, 3.8) is 0 Å². The molecule has 3 aromatic rings. The Morgan fingerprint density at radius 3 is 2.29 bits per heavy atom. The highest BCUT2D eigenvalue weighted by molar-refractivity contribution is 7.89. The van der Waals surface area contributed by atoms with Gasteiger partial charge in [0.2, 0.25) is 10.0 Å². The predicted octanol–water partition coefficient (Wildman–Crippen LogP) is 4.77. The molecule has 0 spiro atoms. The van der Waals surface area contributed by atoms with Gasteiger partial charge in [-0.25, -0.2) is 17.9 Å². The topological polar surface area (TPSA) is 125 Å². The van der Waals surface area contributed by atoms with E-state index in [4.69, 9.17) is 0 Å². The van der Waals surface area contributed by atoms with Crippen molar-refractivity contribution < 1.29 is 23.1 Å². The number of carboxylic acid groups (broad SMARTS) is 1. The van der Waals surface area contributed by atoms with Gasteiger partial charge in [0.1, 0.15) is 0 Å². The molecule has 0 fully saturated rings. The molecule has 1 atom stereocenters. The molecule has 0 aliphatic heterocycles. The molecule has 8 nitrogen and oxygen atoms in total. The minimum absolute atomic E-state index is 0.0111. The fourth-order valence-electron chi connectivity index (χ4n) is 3.52. The summed E-state index contributed by atoms with van der Waals surface area (Å²) in [5.41, 5.74) is 2.50. The summed E-state index contributed by atoms with van der Waals surface area (Å²) in [6.07, 6.45) is 1.48. The van der Waals surface area contributed by atoms with Gasteiger partial charge >= 0.3 is 12.0 Å². The normalized spacial score (nSPS) is 12.0. The van der Waals surface area contributed by atoms with Gasteiger partial charge in [0.15, 0.2) is 0 Å². The zero-order valence-corrected chi connectivity index (χ0v) is 20.2. The fraction of sp³-hybridized carbons (Fsp3) is 0.231. The number of rotatable bonds is 11. The third-order valence-electron chi connectivity index (χ3n) is 5.29. The summed E-state index contributed by atoms with van der Waals surface area (Å²) in [4.78, 5) is 23.4. The van der Waals surface area contributed by atoms with E-state index in [0.717, 1.165) is 18.4 Å². The van der Waals surface area contributed by atoms with Crippen LogP contribution in [0.1, 0.15) is 37.8 Å². The molecule has 0 saturated carbocycles. The molecule has 0 heterocycles. The van der Waals surface area contributed by atoms with Crippen molar-refractivity contribution in [2.45, 2.75) is 37.1 Å². The molecular weight excluding hydrogens is 466 g/mol. The number of benzene rings is 3. The first-order valence-electron chi connectivity index (χ1n) is 11.3. The van der Waals surface area contributed by atoms with Gasteiger partial charge in [-0.15, -0.1) is 0 Å². The molecule has 0 aliphatic rings. The van der Waals surface area contributed by atoms with Gasteiger partial charge in [-0.05, 0) is 47.4 Å². The molecule has 4 N–H and O–H groups in total. The van der Waals surface area contributed by atoms with Crippen molar-refractivity contribution in [2.24, 2.45) is 0 Å². The Morgan fingerprint density at radius 2 is 1.60 bits per heavy atom. The maximum Gasteiger partial charge on any atom is 0.319 e. The summed E-state index contributed by atoms with van der Waals surface area (Å²) < 4.78 is 28.8. The Labute approximate surface area is 205 Å². The van der Waals surface area contributed by atoms with Gasteiger partial charge in [0, 0.05) is 12.2 Å². The highest BCUT2D eigenvalue weighted by atomic mass is 32.2. The van der Waals surface area contributed by atoms with Crippen LogP contribution >= 0.6 is 0 Å². The van der Waals surface area contributed by atoms with E-state index in [0.29, 0.717) is 23.4 Å². The molecule has 3 rings (SSSR count). The Bertz CT molecular complexity index is 1260. The number of carbonyl (C=O) groups excluding carboxylic acids is 1. The smallest absolute Gasteiger partial charge is 0.319 e. The number of sulfonamides is 1. The van der Waals surface area contributed by atoms with Gasteiger partial charge in [-0.3, -0.25) is 4.79 Å². The second-order valence-corrected chi connectivity index (χ2v) is 9.74. The van der Waals surface area contributed by atoms with E-state index in [-0.39, 0.29) is 10.9 Å². The molecule has 0 saturated heterocycles. The average Bonchev–Trinajstić information content (AvgIpc) is 2.84. The number of carbonyl (C=O) groups is 2. The van der Waals surface area contributed by atoms with Crippen molar-refractivity contribution in [3.05, 3.63) is 84.4 Å². The number of amides is 2. The maximum atomic E-state index is 13.1. The maximum absolute atomic E-state index is 13.1. The van der Waals surface area contributed by atoms with Gasteiger partial charge < -0.3 is 15.7 Å². The fourth-order valence-corrected chi connectivity index (χ4v) is 4.79. The number of nitrogens with one attached hydrogen (secondary N) is 3. The van der Waals surface area contributed by atoms with Gasteiger partial charge in [0.05, 0.1) is 17.4 Å². The van der Waals surface area contributed by atoms with Gasteiger partial charge in [-0.1, -0.05) is 67.9 Å². The third-order valence-corrected chi connectivity index (χ3v) is 6.76. The number of anilines is 1. The number of hydrogen-bond acceptors (Lipinski definition) is 4. The summed E-state index contributed by atoms with van der Waals surface area (Å²) in [7, 11) is -4.02. The number of hydrogen-bond donors (Lipinski definition) is 4. The lowest BCUT2D eigenvalue weighted by molar-refractivity contribution is -0.137. The molecule has 2 amide bonds. The van der Waals surface area contributed by atoms with E-state index in [1.807, 2.05) is 13.0 Å². The Morgan fingerprint density at radius 1 is 0.914 bits per heavy atom. The van der Waals surface area contributed by atoms with Crippen LogP contribution < -0.4 is 15.4 Å². The summed E-state index contributed by atoms with van der Waals surface area (Å²) in [6, 6.07) is 20.8. The van der Waals surface area contributed by atoms with Crippen LogP contribution in [0.5, 0.6) is 0 Å². The second-order valence-electron chi connectivity index (χ2n) is 8.03. The summed E-state index contributed by atoms with van der Waals surface area (Å²) in [6.45, 7) is 2.63. The van der Waals surface area contributed by atoms with E-state index in [9.17, 15) is 23.1 Å². The summed E-state index contributed by atoms with van der Waals surface area (Å²) >= 11 is 0. The van der Waals surface area contributed by atoms with Crippen molar-refractivity contribution in [3.8, 4) is 11.1 Å². The first-order chi connectivity index (χ1) is 16.8. The van der Waals surface area contributed by atoms with Crippen LogP contribution in [0.25, 0.3) is 11.1 Å². The lowest BCUT2D eigenvalue weighted by Gasteiger charge is -2.18. The summed E-state index contributed by atoms with van der Waals surface area (Å²) in [5.74, 6) is -1.11. The van der Waals surface area contributed by atoms with Crippen molar-refractivity contribution in [2.75, 3.05) is 11.9 Å². The van der Waals surface area contributed by atoms with E-state index >= 15 is 0 Å². The van der Waals surface area contributed by atoms with Gasteiger partial charge in [0.25, 0.3) is 0 Å². The molecule has 3 aromatic carbocycles. The summed E-state index contributed by atoms with van der Waals surface area (Å²) in [5, 5.41) is 14.9. The molecule has 0 aromatic heterocycles. The van der Waals surface area contributed by atoms with Crippen LogP contribution in [0, 0.1) is 0 Å². The number of aliphatic carboxylic acids is 1. The highest BCUT2D eigenvalue weighted by Crippen LogP contribution is 2.26. The molecular formula is C26H29N3O5S. The van der Waals surface area contributed by atoms with Crippen LogP contribution in [-0.2, 0) is 14.8 Å². The van der Waals surface area contributed by atoms with Crippen molar-refractivity contribution >= 4 is 27.7 Å². The Kier molecular flexibility index (Phi) is 8.99. The number of unbranched alkanes of at least 4 members (excludes halogenated alkanes) is 1. The number of carboxylic acids is 1. The Hall–Kier alpha value is -3.69. The van der Waals surface area contributed by atoms with Crippen LogP contribution in [0.15, 0.2) is 83.8 Å². The Balaban J connectivity index is 1.81. The molecule has 35 heavy (non-hydrogen) atoms. The molecule has 0 bridgehead atoms.